The molecule has 0 spiro atoms. The van der Waals surface area contributed by atoms with Crippen molar-refractivity contribution in [2.75, 3.05) is 13.2 Å². The van der Waals surface area contributed by atoms with Crippen molar-refractivity contribution in [3.8, 4) is 0 Å². The molecule has 0 saturated heterocycles. The molecule has 0 heterocycles. The zero-order chi connectivity index (χ0) is 59.9. The molecule has 0 bridgehead atoms. The van der Waals surface area contributed by atoms with E-state index in [2.05, 4.69) is 203 Å². The van der Waals surface area contributed by atoms with Crippen molar-refractivity contribution in [1.82, 2.24) is 0 Å². The minimum atomic E-state index is -0.844. The van der Waals surface area contributed by atoms with Gasteiger partial charge in [-0.05, 0) is 141 Å². The van der Waals surface area contributed by atoms with Gasteiger partial charge in [0, 0.05) is 12.8 Å². The van der Waals surface area contributed by atoms with E-state index in [0.29, 0.717) is 6.42 Å². The maximum Gasteiger partial charge on any atom is 0.309 e. The lowest BCUT2D eigenvalue weighted by atomic mass is 10.1. The highest BCUT2D eigenvalue weighted by molar-refractivity contribution is 5.72. The SMILES string of the molecule is CC/C=C\C/C=C\C/C=C\C/C=C\C/C=C\C/C=C\CCCCCCCCCCCCC(=O)OCC(COC(=O)C/C=C\C/C=C\C/C=C\C/C=C\C/C=C\CC)OC(=O)CCCCCCC/C=C\C/C=C\C/C=C\C/C=C\C/C=C\CC. The molecule has 0 rings (SSSR count). The van der Waals surface area contributed by atoms with Gasteiger partial charge in [0.15, 0.2) is 6.10 Å². The van der Waals surface area contributed by atoms with Gasteiger partial charge in [-0.2, -0.15) is 0 Å². The van der Waals surface area contributed by atoms with Crippen LogP contribution in [0.1, 0.15) is 252 Å². The maximum absolute atomic E-state index is 12.9. The highest BCUT2D eigenvalue weighted by Crippen LogP contribution is 2.14. The minimum Gasteiger partial charge on any atom is -0.462 e. The molecule has 0 aliphatic heterocycles. The van der Waals surface area contributed by atoms with Crippen LogP contribution in [-0.2, 0) is 28.6 Å². The van der Waals surface area contributed by atoms with Crippen LogP contribution in [0.5, 0.6) is 0 Å². The second kappa shape index (κ2) is 68.7. The van der Waals surface area contributed by atoms with Crippen molar-refractivity contribution >= 4 is 17.9 Å². The predicted molar refractivity (Wildman–Crippen MR) is 361 cm³/mol. The molecule has 0 aromatic rings. The first-order valence-corrected chi connectivity index (χ1v) is 32.9. The molecule has 1 atom stereocenters. The molecule has 0 aliphatic rings. The third-order valence-corrected chi connectivity index (χ3v) is 13.1. The fourth-order valence-electron chi connectivity index (χ4n) is 8.31. The van der Waals surface area contributed by atoms with Gasteiger partial charge in [-0.25, -0.2) is 0 Å². The van der Waals surface area contributed by atoms with E-state index in [9.17, 15) is 14.4 Å². The molecule has 0 aliphatic carbocycles. The molecule has 0 fully saturated rings. The van der Waals surface area contributed by atoms with Crippen molar-refractivity contribution in [1.29, 1.82) is 0 Å². The molecule has 0 aromatic heterocycles. The fourth-order valence-corrected chi connectivity index (χ4v) is 8.31. The summed E-state index contributed by atoms with van der Waals surface area (Å²) in [6, 6.07) is 0. The Morgan fingerprint density at radius 1 is 0.253 bits per heavy atom. The lowest BCUT2D eigenvalue weighted by Crippen LogP contribution is -2.30. The van der Waals surface area contributed by atoms with E-state index in [1.807, 2.05) is 6.08 Å². The van der Waals surface area contributed by atoms with Gasteiger partial charge < -0.3 is 14.2 Å². The normalized spacial score (nSPS) is 13.4. The van der Waals surface area contributed by atoms with Crippen LogP contribution in [0.25, 0.3) is 0 Å². The summed E-state index contributed by atoms with van der Waals surface area (Å²) in [7, 11) is 0. The molecule has 0 amide bonds. The molecular weight excluding hydrogens is 1020 g/mol. The number of rotatable bonds is 57. The number of carbonyl (C=O) groups is 3. The van der Waals surface area contributed by atoms with Crippen molar-refractivity contribution in [2.45, 2.75) is 258 Å². The van der Waals surface area contributed by atoms with Gasteiger partial charge in [0.1, 0.15) is 13.2 Å². The Morgan fingerprint density at radius 3 is 0.783 bits per heavy atom. The molecule has 6 nitrogen and oxygen atoms in total. The summed E-state index contributed by atoms with van der Waals surface area (Å²) in [6.45, 7) is 6.18. The Kier molecular flexibility index (Phi) is 64.0. The number of ether oxygens (including phenoxy) is 3. The molecular formula is C77H118O6. The smallest absolute Gasteiger partial charge is 0.309 e. The summed E-state index contributed by atoms with van der Waals surface area (Å²) in [6.07, 6.45) is 105. The zero-order valence-electron chi connectivity index (χ0n) is 52.9. The first-order valence-electron chi connectivity index (χ1n) is 32.9. The van der Waals surface area contributed by atoms with Gasteiger partial charge in [-0.1, -0.05) is 286 Å². The van der Waals surface area contributed by atoms with Crippen molar-refractivity contribution in [3.63, 3.8) is 0 Å². The van der Waals surface area contributed by atoms with Gasteiger partial charge in [0.05, 0.1) is 6.42 Å². The van der Waals surface area contributed by atoms with Crippen LogP contribution < -0.4 is 0 Å². The van der Waals surface area contributed by atoms with E-state index in [1.54, 1.807) is 6.08 Å². The third kappa shape index (κ3) is 66.9. The third-order valence-electron chi connectivity index (χ3n) is 13.1. The Labute approximate surface area is 509 Å². The van der Waals surface area contributed by atoms with Crippen LogP contribution >= 0.6 is 0 Å². The number of hydrogen-bond acceptors (Lipinski definition) is 6. The number of unbranched alkanes of at least 4 members (excludes halogenated alkanes) is 15. The number of esters is 3. The molecule has 6 heteroatoms. The second-order valence-electron chi connectivity index (χ2n) is 20.9. The van der Waals surface area contributed by atoms with Crippen molar-refractivity contribution < 1.29 is 28.6 Å². The van der Waals surface area contributed by atoms with E-state index < -0.39 is 12.1 Å². The molecule has 0 radical (unpaired) electrons. The maximum atomic E-state index is 12.9. The van der Waals surface area contributed by atoms with Crippen LogP contribution in [0.3, 0.4) is 0 Å². The molecule has 0 saturated carbocycles. The highest BCUT2D eigenvalue weighted by atomic mass is 16.6. The lowest BCUT2D eigenvalue weighted by molar-refractivity contribution is -0.166. The monoisotopic (exact) mass is 1140 g/mol. The number of carbonyl (C=O) groups excluding carboxylic acids is 3. The van der Waals surface area contributed by atoms with Gasteiger partial charge in [0.25, 0.3) is 0 Å². The second-order valence-corrected chi connectivity index (χ2v) is 20.9. The topological polar surface area (TPSA) is 78.9 Å². The van der Waals surface area contributed by atoms with Crippen molar-refractivity contribution in [2.24, 2.45) is 0 Å². The Morgan fingerprint density at radius 2 is 0.482 bits per heavy atom. The average Bonchev–Trinajstić information content (AvgIpc) is 3.49. The molecule has 0 aromatic carbocycles. The summed E-state index contributed by atoms with van der Waals surface area (Å²) < 4.78 is 16.8. The van der Waals surface area contributed by atoms with Gasteiger partial charge in [0.2, 0.25) is 0 Å². The highest BCUT2D eigenvalue weighted by Gasteiger charge is 2.19. The Hall–Kier alpha value is -5.75. The van der Waals surface area contributed by atoms with Crippen LogP contribution in [0, 0.1) is 0 Å². The summed E-state index contributed by atoms with van der Waals surface area (Å²) in [4.78, 5) is 38.3. The average molecular weight is 1140 g/mol. The molecule has 0 N–H and O–H groups in total. The van der Waals surface area contributed by atoms with Crippen LogP contribution in [0.15, 0.2) is 194 Å². The Balaban J connectivity index is 4.47. The zero-order valence-corrected chi connectivity index (χ0v) is 52.9. The molecule has 462 valence electrons. The summed E-state index contributed by atoms with van der Waals surface area (Å²) in [5.74, 6) is -1.09. The first-order chi connectivity index (χ1) is 41.0. The number of hydrogen-bond donors (Lipinski definition) is 0. The summed E-state index contributed by atoms with van der Waals surface area (Å²) in [5.41, 5.74) is 0. The molecule has 83 heavy (non-hydrogen) atoms. The van der Waals surface area contributed by atoms with E-state index in [0.717, 1.165) is 167 Å². The van der Waals surface area contributed by atoms with Gasteiger partial charge in [-0.15, -0.1) is 0 Å². The summed E-state index contributed by atoms with van der Waals surface area (Å²) in [5, 5.41) is 0. The standard InChI is InChI=1S/C77H118O6/c1-4-7-10-13-16-19-22-25-28-30-32-34-35-36-37-38-39-40-41-43-44-46-49-52-55-58-61-64-67-70-76(79)82-73-74(72-81-75(78)69-66-63-60-57-54-51-48-27-24-21-18-15-12-9-6-3)83-77(80)71-68-65-62-59-56-53-50-47-45-42-33-31-29-26-23-20-17-14-11-8-5-2/h7-12,16-21,25-29,32-34,36-37,39-40,42,47-48,50,54,57,63,66,74H,4-6,13-15,22-24,30-31,35,38,41,43-46,49,51-53,55-56,58-62,64-65,67-73H2,1-3H3/b10-7-,11-8-,12-9-,19-16-,20-17-,21-18-,28-25-,29-26-,34-32-,37-36-,40-39-,42-33-,48-27-,50-47-,57-54-,66-63-. The largest absolute Gasteiger partial charge is 0.462 e. The van der Waals surface area contributed by atoms with E-state index in [-0.39, 0.29) is 38.0 Å². The van der Waals surface area contributed by atoms with Crippen LogP contribution in [0.2, 0.25) is 0 Å². The van der Waals surface area contributed by atoms with E-state index in [4.69, 9.17) is 14.2 Å². The van der Waals surface area contributed by atoms with Crippen LogP contribution in [0.4, 0.5) is 0 Å². The van der Waals surface area contributed by atoms with E-state index in [1.165, 1.54) is 44.9 Å². The Bertz CT molecular complexity index is 1990. The summed E-state index contributed by atoms with van der Waals surface area (Å²) >= 11 is 0. The molecule has 1 unspecified atom stereocenters. The van der Waals surface area contributed by atoms with E-state index >= 15 is 0 Å². The van der Waals surface area contributed by atoms with Crippen molar-refractivity contribution in [3.05, 3.63) is 194 Å². The fraction of sp³-hybridized carbons (Fsp3) is 0.545. The predicted octanol–water partition coefficient (Wildman–Crippen LogP) is 23.0. The van der Waals surface area contributed by atoms with Crippen LogP contribution in [-0.4, -0.2) is 37.2 Å². The van der Waals surface area contributed by atoms with Gasteiger partial charge >= 0.3 is 17.9 Å². The lowest BCUT2D eigenvalue weighted by Gasteiger charge is -2.18. The van der Waals surface area contributed by atoms with Gasteiger partial charge in [-0.3, -0.25) is 14.4 Å². The number of allylic oxidation sites excluding steroid dienone is 31. The quantitative estimate of drug-likeness (QED) is 0.0261. The minimum absolute atomic E-state index is 0.112. The first kappa shape index (κ1) is 77.2.